The number of amides is 1. The number of para-hydroxylation sites is 1. The van der Waals surface area contributed by atoms with Crippen LogP contribution in [0.5, 0.6) is 11.5 Å². The van der Waals surface area contributed by atoms with E-state index < -0.39 is 5.91 Å². The molecule has 5 aromatic rings. The minimum Gasteiger partial charge on any atom is -0.457 e. The maximum Gasteiger partial charge on any atom is 0.249 e. The first kappa shape index (κ1) is 19.2. The molecule has 31 heavy (non-hydrogen) atoms. The van der Waals surface area contributed by atoms with Crippen molar-refractivity contribution >= 4 is 39.3 Å². The lowest BCUT2D eigenvalue weighted by Crippen LogP contribution is -2.11. The van der Waals surface area contributed by atoms with E-state index in [1.807, 2.05) is 72.8 Å². The standard InChI is InChI=1S/C26H18ClN2O2/c27-18-12-13-21-24(15-18)29(23-11-5-10-22(25(21)23)26(28)30)16-17-6-4-9-20(14-17)31-19-7-2-1-3-8-19/h1-12,14-15H,16H2,(H2,28,30). The molecule has 0 aliphatic heterocycles. The van der Waals surface area contributed by atoms with E-state index >= 15 is 0 Å². The molecule has 1 amide bonds. The van der Waals surface area contributed by atoms with Crippen molar-refractivity contribution in [3.8, 4) is 11.5 Å². The average Bonchev–Trinajstić information content (AvgIpc) is 3.07. The number of fused-ring (bicyclic) bond motifs is 3. The average molecular weight is 426 g/mol. The summed E-state index contributed by atoms with van der Waals surface area (Å²) in [6.07, 6.45) is 0. The molecule has 0 unspecified atom stereocenters. The molecule has 0 spiro atoms. The van der Waals surface area contributed by atoms with Crippen LogP contribution in [0.3, 0.4) is 0 Å². The summed E-state index contributed by atoms with van der Waals surface area (Å²) in [5, 5.41) is 2.20. The Morgan fingerprint density at radius 2 is 1.71 bits per heavy atom. The van der Waals surface area contributed by atoms with E-state index in [2.05, 4.69) is 10.6 Å². The van der Waals surface area contributed by atoms with Crippen molar-refractivity contribution in [1.82, 2.24) is 4.57 Å². The molecule has 4 aromatic carbocycles. The third-order valence-electron chi connectivity index (χ3n) is 5.24. The Hall–Kier alpha value is -3.76. The summed E-state index contributed by atoms with van der Waals surface area (Å²) in [7, 11) is 0. The highest BCUT2D eigenvalue weighted by molar-refractivity contribution is 6.31. The number of primary amides is 1. The van der Waals surface area contributed by atoms with Crippen LogP contribution in [0, 0.1) is 6.07 Å². The molecule has 0 aliphatic rings. The summed E-state index contributed by atoms with van der Waals surface area (Å²) in [5.41, 5.74) is 8.97. The largest absolute Gasteiger partial charge is 0.457 e. The maximum atomic E-state index is 12.1. The Bertz CT molecular complexity index is 1420. The van der Waals surface area contributed by atoms with Gasteiger partial charge in [0.1, 0.15) is 11.5 Å². The van der Waals surface area contributed by atoms with E-state index in [1.165, 1.54) is 0 Å². The Kier molecular flexibility index (Phi) is 4.85. The van der Waals surface area contributed by atoms with E-state index in [9.17, 15) is 4.79 Å². The Morgan fingerprint density at radius 3 is 2.52 bits per heavy atom. The number of carbonyl (C=O) groups excluding carboxylic acids is 1. The quantitative estimate of drug-likeness (QED) is 0.365. The van der Waals surface area contributed by atoms with Crippen LogP contribution in [0.15, 0.2) is 84.9 Å². The monoisotopic (exact) mass is 425 g/mol. The molecular formula is C26H18ClN2O2. The summed E-state index contributed by atoms with van der Waals surface area (Å²) >= 11 is 6.28. The second-order valence-corrected chi connectivity index (χ2v) is 7.73. The van der Waals surface area contributed by atoms with Gasteiger partial charge in [-0.05, 0) is 60.2 Å². The van der Waals surface area contributed by atoms with Crippen molar-refractivity contribution in [2.24, 2.45) is 5.73 Å². The molecule has 0 saturated heterocycles. The molecule has 4 nitrogen and oxygen atoms in total. The molecule has 1 heterocycles. The molecule has 0 saturated carbocycles. The summed E-state index contributed by atoms with van der Waals surface area (Å²) in [6.45, 7) is 0.572. The van der Waals surface area contributed by atoms with Crippen LogP contribution in [-0.4, -0.2) is 10.5 Å². The zero-order valence-corrected chi connectivity index (χ0v) is 17.3. The third-order valence-corrected chi connectivity index (χ3v) is 5.46. The van der Waals surface area contributed by atoms with Gasteiger partial charge in [-0.15, -0.1) is 0 Å². The van der Waals surface area contributed by atoms with Gasteiger partial charge in [-0.1, -0.05) is 48.0 Å². The normalized spacial score (nSPS) is 11.1. The van der Waals surface area contributed by atoms with E-state index in [-0.39, 0.29) is 0 Å². The van der Waals surface area contributed by atoms with Crippen molar-refractivity contribution in [2.75, 3.05) is 0 Å². The molecule has 0 aliphatic carbocycles. The molecule has 5 heteroatoms. The molecule has 0 fully saturated rings. The van der Waals surface area contributed by atoms with Gasteiger partial charge in [0, 0.05) is 27.9 Å². The SMILES string of the molecule is NC(=O)c1cccc2c1c1[c]cc(Cl)cc1n2Cc1cccc(Oc2ccccc2)c1. The third kappa shape index (κ3) is 3.62. The van der Waals surface area contributed by atoms with Crippen molar-refractivity contribution in [2.45, 2.75) is 6.54 Å². The van der Waals surface area contributed by atoms with Crippen LogP contribution in [0.4, 0.5) is 0 Å². The highest BCUT2D eigenvalue weighted by Gasteiger charge is 2.17. The summed E-state index contributed by atoms with van der Waals surface area (Å²) in [6, 6.07) is 30.0. The van der Waals surface area contributed by atoms with Gasteiger partial charge in [0.05, 0.1) is 11.0 Å². The van der Waals surface area contributed by atoms with E-state index in [0.29, 0.717) is 17.1 Å². The molecule has 2 N–H and O–H groups in total. The fourth-order valence-electron chi connectivity index (χ4n) is 3.92. The minimum absolute atomic E-state index is 0.466. The van der Waals surface area contributed by atoms with Gasteiger partial charge in [-0.3, -0.25) is 4.79 Å². The number of hydrogen-bond acceptors (Lipinski definition) is 2. The lowest BCUT2D eigenvalue weighted by molar-refractivity contribution is 0.100. The number of nitrogens with two attached hydrogens (primary N) is 1. The summed E-state index contributed by atoms with van der Waals surface area (Å²) < 4.78 is 8.11. The molecule has 5 rings (SSSR count). The number of hydrogen-bond donors (Lipinski definition) is 1. The highest BCUT2D eigenvalue weighted by Crippen LogP contribution is 2.34. The van der Waals surface area contributed by atoms with Crippen LogP contribution in [0.25, 0.3) is 21.8 Å². The summed E-state index contributed by atoms with van der Waals surface area (Å²) in [5.74, 6) is 1.07. The predicted molar refractivity (Wildman–Crippen MR) is 124 cm³/mol. The van der Waals surface area contributed by atoms with Crippen LogP contribution < -0.4 is 10.5 Å². The lowest BCUT2D eigenvalue weighted by Gasteiger charge is -2.11. The van der Waals surface area contributed by atoms with Crippen LogP contribution in [0.2, 0.25) is 5.02 Å². The van der Waals surface area contributed by atoms with Crippen molar-refractivity contribution in [3.63, 3.8) is 0 Å². The number of halogens is 1. The Labute approximate surface area is 184 Å². The number of nitrogens with zero attached hydrogens (tertiary/aromatic N) is 1. The van der Waals surface area contributed by atoms with Crippen molar-refractivity contribution < 1.29 is 9.53 Å². The van der Waals surface area contributed by atoms with Gasteiger partial charge < -0.3 is 15.0 Å². The Balaban J connectivity index is 1.62. The van der Waals surface area contributed by atoms with Crippen molar-refractivity contribution in [3.05, 3.63) is 107 Å². The van der Waals surface area contributed by atoms with Gasteiger partial charge in [0.2, 0.25) is 5.91 Å². The highest BCUT2D eigenvalue weighted by atomic mass is 35.5. The van der Waals surface area contributed by atoms with E-state index in [1.54, 1.807) is 12.1 Å². The van der Waals surface area contributed by atoms with E-state index in [4.69, 9.17) is 22.1 Å². The smallest absolute Gasteiger partial charge is 0.249 e. The van der Waals surface area contributed by atoms with Crippen LogP contribution in [0.1, 0.15) is 15.9 Å². The zero-order chi connectivity index (χ0) is 21.4. The molecule has 1 radical (unpaired) electrons. The number of aromatic nitrogens is 1. The van der Waals surface area contributed by atoms with Gasteiger partial charge in [0.25, 0.3) is 0 Å². The molecule has 1 aromatic heterocycles. The second-order valence-electron chi connectivity index (χ2n) is 7.29. The van der Waals surface area contributed by atoms with E-state index in [0.717, 1.165) is 38.9 Å². The maximum absolute atomic E-state index is 12.1. The van der Waals surface area contributed by atoms with Gasteiger partial charge in [-0.25, -0.2) is 0 Å². The first-order valence-corrected chi connectivity index (χ1v) is 10.2. The van der Waals surface area contributed by atoms with Crippen LogP contribution in [-0.2, 0) is 6.54 Å². The number of carbonyl (C=O) groups is 1. The molecular weight excluding hydrogens is 408 g/mol. The minimum atomic E-state index is -0.466. The zero-order valence-electron chi connectivity index (χ0n) is 16.5. The first-order chi connectivity index (χ1) is 15.1. The molecule has 151 valence electrons. The fraction of sp³-hybridized carbons (Fsp3) is 0.0385. The first-order valence-electron chi connectivity index (χ1n) is 9.84. The van der Waals surface area contributed by atoms with Gasteiger partial charge >= 0.3 is 0 Å². The fourth-order valence-corrected chi connectivity index (χ4v) is 4.08. The lowest BCUT2D eigenvalue weighted by atomic mass is 10.1. The van der Waals surface area contributed by atoms with Crippen LogP contribution >= 0.6 is 11.6 Å². The summed E-state index contributed by atoms with van der Waals surface area (Å²) in [4.78, 5) is 12.1. The molecule has 0 bridgehead atoms. The number of rotatable bonds is 5. The second kappa shape index (κ2) is 7.82. The van der Waals surface area contributed by atoms with Gasteiger partial charge in [-0.2, -0.15) is 0 Å². The van der Waals surface area contributed by atoms with Crippen molar-refractivity contribution in [1.29, 1.82) is 0 Å². The topological polar surface area (TPSA) is 57.2 Å². The number of ether oxygens (including phenoxy) is 1. The number of benzene rings is 4. The predicted octanol–water partition coefficient (Wildman–Crippen LogP) is 6.19. The Morgan fingerprint density at radius 1 is 0.935 bits per heavy atom. The molecule has 0 atom stereocenters. The van der Waals surface area contributed by atoms with Gasteiger partial charge in [0.15, 0.2) is 0 Å².